The fourth-order valence-electron chi connectivity index (χ4n) is 5.27. The van der Waals surface area contributed by atoms with Gasteiger partial charge in [0, 0.05) is 64.6 Å². The summed E-state index contributed by atoms with van der Waals surface area (Å²) in [6.07, 6.45) is 3.11. The Morgan fingerprint density at radius 1 is 1.05 bits per heavy atom. The number of aromatic nitrogens is 2. The van der Waals surface area contributed by atoms with Gasteiger partial charge in [0.2, 0.25) is 5.91 Å². The standard InChI is InChI=1S/C29H21F2N5O4/c1-34-15-23-22-12-20(33-26(37)11-16-10-19(31)4-8-24(16)36(39)40)5-9-25(22)35(21-6-2-18(30)3-7-21)14-17-13-32-29(38)28(34)27(17)23/h2-10,12-13,15H,11,14H2,1H3,(H,32,38)(H,33,37). The second kappa shape index (κ2) is 9.45. The van der Waals surface area contributed by atoms with Crippen LogP contribution in [-0.2, 0) is 24.8 Å². The van der Waals surface area contributed by atoms with Crippen molar-refractivity contribution in [1.82, 2.24) is 9.55 Å². The summed E-state index contributed by atoms with van der Waals surface area (Å²) < 4.78 is 29.2. The van der Waals surface area contributed by atoms with Crippen molar-refractivity contribution in [3.63, 3.8) is 0 Å². The molecule has 1 amide bonds. The number of aryl methyl sites for hydroxylation is 1. The molecule has 2 aromatic heterocycles. The Kier molecular flexibility index (Phi) is 5.91. The lowest BCUT2D eigenvalue weighted by Gasteiger charge is -2.26. The molecule has 6 rings (SSSR count). The van der Waals surface area contributed by atoms with Crippen LogP contribution in [0, 0.1) is 21.7 Å². The monoisotopic (exact) mass is 541 g/mol. The molecule has 0 aliphatic carbocycles. The average molecular weight is 542 g/mol. The number of pyridine rings is 1. The largest absolute Gasteiger partial charge is 0.345 e. The molecule has 1 aliphatic heterocycles. The average Bonchev–Trinajstić information content (AvgIpc) is 3.20. The van der Waals surface area contributed by atoms with Crippen molar-refractivity contribution in [1.29, 1.82) is 0 Å². The normalized spacial score (nSPS) is 12.2. The van der Waals surface area contributed by atoms with Crippen LogP contribution in [0.5, 0.6) is 0 Å². The molecule has 11 heteroatoms. The first-order valence-electron chi connectivity index (χ1n) is 12.3. The molecule has 200 valence electrons. The van der Waals surface area contributed by atoms with Crippen molar-refractivity contribution < 1.29 is 18.5 Å². The van der Waals surface area contributed by atoms with Gasteiger partial charge in [-0.25, -0.2) is 8.78 Å². The molecule has 0 radical (unpaired) electrons. The summed E-state index contributed by atoms with van der Waals surface area (Å²) >= 11 is 0. The van der Waals surface area contributed by atoms with Crippen LogP contribution in [0.1, 0.15) is 11.1 Å². The van der Waals surface area contributed by atoms with Crippen LogP contribution >= 0.6 is 0 Å². The van der Waals surface area contributed by atoms with Crippen molar-refractivity contribution in [2.24, 2.45) is 7.05 Å². The minimum absolute atomic E-state index is 0.0438. The van der Waals surface area contributed by atoms with Gasteiger partial charge in [0.05, 0.1) is 17.9 Å². The number of fused-ring (bicyclic) bond motifs is 2. The number of hydrogen-bond acceptors (Lipinski definition) is 5. The van der Waals surface area contributed by atoms with E-state index in [1.165, 1.54) is 12.1 Å². The summed E-state index contributed by atoms with van der Waals surface area (Å²) in [4.78, 5) is 41.1. The minimum atomic E-state index is -0.680. The molecule has 3 aromatic carbocycles. The van der Waals surface area contributed by atoms with Gasteiger partial charge in [0.25, 0.3) is 11.2 Å². The van der Waals surface area contributed by atoms with Crippen LogP contribution in [0.3, 0.4) is 0 Å². The molecule has 0 atom stereocenters. The minimum Gasteiger partial charge on any atom is -0.345 e. The second-order valence-electron chi connectivity index (χ2n) is 9.57. The van der Waals surface area contributed by atoms with Crippen molar-refractivity contribution in [3.05, 3.63) is 116 Å². The lowest BCUT2D eigenvalue weighted by Crippen LogP contribution is -2.18. The fraction of sp³-hybridized carbons (Fsp3) is 0.103. The molecule has 40 heavy (non-hydrogen) atoms. The van der Waals surface area contributed by atoms with Gasteiger partial charge in [0.15, 0.2) is 0 Å². The van der Waals surface area contributed by atoms with Gasteiger partial charge in [-0.3, -0.25) is 19.7 Å². The number of nitro benzene ring substituents is 1. The Labute approximate surface area is 225 Å². The Bertz CT molecular complexity index is 1900. The molecule has 0 fully saturated rings. The van der Waals surface area contributed by atoms with E-state index in [1.54, 1.807) is 42.1 Å². The smallest absolute Gasteiger partial charge is 0.273 e. The molecule has 5 aromatic rings. The number of H-pyrrole nitrogens is 1. The Morgan fingerprint density at radius 2 is 1.80 bits per heavy atom. The molecule has 0 saturated heterocycles. The first-order chi connectivity index (χ1) is 19.2. The number of nitro groups is 1. The number of rotatable bonds is 5. The van der Waals surface area contributed by atoms with Crippen LogP contribution < -0.4 is 15.8 Å². The Morgan fingerprint density at radius 3 is 2.55 bits per heavy atom. The zero-order valence-electron chi connectivity index (χ0n) is 21.1. The summed E-state index contributed by atoms with van der Waals surface area (Å²) in [5, 5.41) is 14.9. The Hall–Kier alpha value is -5.32. The number of nitrogens with one attached hydrogen (secondary N) is 2. The van der Waals surface area contributed by atoms with Crippen LogP contribution in [0.15, 0.2) is 77.9 Å². The predicted molar refractivity (Wildman–Crippen MR) is 147 cm³/mol. The van der Waals surface area contributed by atoms with E-state index < -0.39 is 23.1 Å². The van der Waals surface area contributed by atoms with Gasteiger partial charge in [-0.1, -0.05) is 0 Å². The third kappa shape index (κ3) is 4.27. The first kappa shape index (κ1) is 25.0. The summed E-state index contributed by atoms with van der Waals surface area (Å²) in [5.41, 5.74) is 4.11. The van der Waals surface area contributed by atoms with Crippen LogP contribution in [0.4, 0.5) is 31.5 Å². The van der Waals surface area contributed by atoms with Gasteiger partial charge in [0.1, 0.15) is 17.2 Å². The highest BCUT2D eigenvalue weighted by Gasteiger charge is 2.26. The number of hydrogen-bond donors (Lipinski definition) is 2. The first-order valence-corrected chi connectivity index (χ1v) is 12.3. The van der Waals surface area contributed by atoms with E-state index in [0.717, 1.165) is 46.1 Å². The highest BCUT2D eigenvalue weighted by molar-refractivity contribution is 6.04. The molecule has 1 aliphatic rings. The number of amides is 1. The van der Waals surface area contributed by atoms with E-state index in [-0.39, 0.29) is 22.6 Å². The number of nitrogens with zero attached hydrogens (tertiary/aromatic N) is 3. The van der Waals surface area contributed by atoms with Crippen LogP contribution in [0.2, 0.25) is 0 Å². The number of aromatic amines is 1. The zero-order valence-corrected chi connectivity index (χ0v) is 21.1. The summed E-state index contributed by atoms with van der Waals surface area (Å²) in [6, 6.07) is 14.3. The van der Waals surface area contributed by atoms with E-state index >= 15 is 0 Å². The number of benzene rings is 3. The van der Waals surface area contributed by atoms with E-state index in [4.69, 9.17) is 0 Å². The SMILES string of the molecule is Cn1cc2c3c(c[nH]c(=O)c31)CN(c1ccc(F)cc1)c1ccc(NC(=O)Cc3cc(F)ccc3[N+](=O)[O-])cc1-2. The van der Waals surface area contributed by atoms with Crippen molar-refractivity contribution in [2.45, 2.75) is 13.0 Å². The van der Waals surface area contributed by atoms with Gasteiger partial charge < -0.3 is 19.8 Å². The lowest BCUT2D eigenvalue weighted by molar-refractivity contribution is -0.385. The zero-order chi connectivity index (χ0) is 28.1. The number of halogens is 2. The highest BCUT2D eigenvalue weighted by atomic mass is 19.1. The third-order valence-electron chi connectivity index (χ3n) is 7.01. The number of carbonyl (C=O) groups excluding carboxylic acids is 1. The number of carbonyl (C=O) groups is 1. The summed E-state index contributed by atoms with van der Waals surface area (Å²) in [7, 11) is 1.78. The maximum Gasteiger partial charge on any atom is 0.273 e. The lowest BCUT2D eigenvalue weighted by atomic mass is 10.0. The molecule has 0 bridgehead atoms. The van der Waals surface area contributed by atoms with Gasteiger partial charge in [-0.2, -0.15) is 0 Å². The Balaban J connectivity index is 1.44. The molecule has 0 unspecified atom stereocenters. The molecule has 9 nitrogen and oxygen atoms in total. The highest BCUT2D eigenvalue weighted by Crippen LogP contribution is 2.44. The molecule has 0 spiro atoms. The van der Waals surface area contributed by atoms with Gasteiger partial charge in [-0.05, 0) is 60.2 Å². The van der Waals surface area contributed by atoms with Gasteiger partial charge >= 0.3 is 0 Å². The molecule has 2 N–H and O–H groups in total. The van der Waals surface area contributed by atoms with Crippen molar-refractivity contribution in [3.8, 4) is 11.1 Å². The topological polar surface area (TPSA) is 113 Å². The molecule has 3 heterocycles. The van der Waals surface area contributed by atoms with Crippen LogP contribution in [0.25, 0.3) is 22.0 Å². The quantitative estimate of drug-likeness (QED) is 0.224. The molecular weight excluding hydrogens is 520 g/mol. The van der Waals surface area contributed by atoms with Crippen LogP contribution in [-0.4, -0.2) is 20.4 Å². The van der Waals surface area contributed by atoms with E-state index in [0.29, 0.717) is 23.3 Å². The van der Waals surface area contributed by atoms with E-state index in [1.807, 2.05) is 17.2 Å². The van der Waals surface area contributed by atoms with Crippen molar-refractivity contribution >= 4 is 39.6 Å². The summed E-state index contributed by atoms with van der Waals surface area (Å²) in [6.45, 7) is 0.387. The second-order valence-corrected chi connectivity index (χ2v) is 9.57. The maximum atomic E-state index is 13.8. The molecular formula is C29H21F2N5O4. The van der Waals surface area contributed by atoms with Crippen molar-refractivity contribution in [2.75, 3.05) is 10.2 Å². The van der Waals surface area contributed by atoms with E-state index in [2.05, 4.69) is 10.3 Å². The third-order valence-corrected chi connectivity index (χ3v) is 7.01. The molecule has 0 saturated carbocycles. The fourth-order valence-corrected chi connectivity index (χ4v) is 5.27. The maximum absolute atomic E-state index is 13.8. The van der Waals surface area contributed by atoms with Gasteiger partial charge in [-0.15, -0.1) is 0 Å². The van der Waals surface area contributed by atoms with E-state index in [9.17, 15) is 28.5 Å². The summed E-state index contributed by atoms with van der Waals surface area (Å²) in [5.74, 6) is -1.61. The number of anilines is 3. The predicted octanol–water partition coefficient (Wildman–Crippen LogP) is 5.55.